The number of fused-ring (bicyclic) bond motifs is 3. The first-order valence-corrected chi connectivity index (χ1v) is 8.38. The molecule has 2 heterocycles. The molecule has 0 saturated heterocycles. The van der Waals surface area contributed by atoms with Gasteiger partial charge in [-0.2, -0.15) is 0 Å². The van der Waals surface area contributed by atoms with Gasteiger partial charge in [0.05, 0.1) is 16.7 Å². The molecule has 0 aliphatic rings. The van der Waals surface area contributed by atoms with Crippen molar-refractivity contribution in [2.45, 2.75) is 13.0 Å². The van der Waals surface area contributed by atoms with Crippen molar-refractivity contribution in [1.82, 2.24) is 8.97 Å². The van der Waals surface area contributed by atoms with Crippen LogP contribution in [0.4, 0.5) is 14.5 Å². The summed E-state index contributed by atoms with van der Waals surface area (Å²) < 4.78 is 30.2. The predicted octanol–water partition coefficient (Wildman–Crippen LogP) is 3.56. The van der Waals surface area contributed by atoms with Crippen molar-refractivity contribution < 1.29 is 13.6 Å². The Morgan fingerprint density at radius 2 is 1.70 bits per heavy atom. The zero-order valence-electron chi connectivity index (χ0n) is 14.2. The number of amides is 1. The molecular weight excluding hydrogens is 352 g/mol. The summed E-state index contributed by atoms with van der Waals surface area (Å²) in [6, 6.07) is 13.7. The molecule has 136 valence electrons. The van der Waals surface area contributed by atoms with E-state index in [-0.39, 0.29) is 24.2 Å². The van der Waals surface area contributed by atoms with Gasteiger partial charge in [0.25, 0.3) is 5.56 Å². The van der Waals surface area contributed by atoms with Gasteiger partial charge >= 0.3 is 0 Å². The van der Waals surface area contributed by atoms with Gasteiger partial charge in [-0.15, -0.1) is 0 Å². The fourth-order valence-electron chi connectivity index (χ4n) is 3.15. The van der Waals surface area contributed by atoms with Crippen molar-refractivity contribution in [1.29, 1.82) is 0 Å². The van der Waals surface area contributed by atoms with Crippen LogP contribution >= 0.6 is 0 Å². The van der Waals surface area contributed by atoms with Crippen molar-refractivity contribution >= 4 is 28.1 Å². The highest BCUT2D eigenvalue weighted by Gasteiger charge is 2.13. The van der Waals surface area contributed by atoms with E-state index in [0.29, 0.717) is 11.0 Å². The summed E-state index contributed by atoms with van der Waals surface area (Å²) >= 11 is 0. The van der Waals surface area contributed by atoms with E-state index in [1.54, 1.807) is 22.6 Å². The van der Waals surface area contributed by atoms with Crippen LogP contribution in [0.25, 0.3) is 16.6 Å². The Kier molecular flexibility index (Phi) is 4.19. The summed E-state index contributed by atoms with van der Waals surface area (Å²) in [5, 5.41) is 2.35. The smallest absolute Gasteiger partial charge is 0.275 e. The van der Waals surface area contributed by atoms with E-state index in [2.05, 4.69) is 5.32 Å². The summed E-state index contributed by atoms with van der Waals surface area (Å²) in [6.07, 6.45) is 1.75. The van der Waals surface area contributed by atoms with E-state index in [1.165, 1.54) is 4.57 Å². The average molecular weight is 367 g/mol. The number of carbonyl (C=O) groups excluding carboxylic acids is 1. The Morgan fingerprint density at radius 1 is 0.963 bits per heavy atom. The first-order chi connectivity index (χ1) is 13.0. The molecule has 1 N–H and O–H groups in total. The highest BCUT2D eigenvalue weighted by atomic mass is 19.1. The number of nitrogens with zero attached hydrogens (tertiary/aromatic N) is 2. The van der Waals surface area contributed by atoms with Gasteiger partial charge in [0.15, 0.2) is 0 Å². The third-order valence-electron chi connectivity index (χ3n) is 4.41. The quantitative estimate of drug-likeness (QED) is 0.600. The van der Waals surface area contributed by atoms with Crippen LogP contribution in [0, 0.1) is 11.6 Å². The lowest BCUT2D eigenvalue weighted by Crippen LogP contribution is -2.25. The van der Waals surface area contributed by atoms with E-state index in [4.69, 9.17) is 0 Å². The van der Waals surface area contributed by atoms with Crippen molar-refractivity contribution in [2.24, 2.45) is 0 Å². The number of anilines is 1. The molecule has 0 bridgehead atoms. The second-order valence-electron chi connectivity index (χ2n) is 6.13. The lowest BCUT2D eigenvalue weighted by molar-refractivity contribution is -0.116. The maximum atomic E-state index is 13.7. The lowest BCUT2D eigenvalue weighted by atomic mass is 10.2. The van der Waals surface area contributed by atoms with Crippen LogP contribution in [0.2, 0.25) is 0 Å². The van der Waals surface area contributed by atoms with Gasteiger partial charge in [-0.1, -0.05) is 12.1 Å². The van der Waals surface area contributed by atoms with E-state index in [0.717, 1.165) is 23.7 Å². The maximum absolute atomic E-state index is 13.7. The van der Waals surface area contributed by atoms with Crippen LogP contribution in [0.3, 0.4) is 0 Å². The van der Waals surface area contributed by atoms with Crippen LogP contribution in [-0.2, 0) is 11.3 Å². The molecule has 5 nitrogen and oxygen atoms in total. The van der Waals surface area contributed by atoms with Crippen LogP contribution in [0.15, 0.2) is 65.6 Å². The van der Waals surface area contributed by atoms with Crippen molar-refractivity contribution in [2.75, 3.05) is 5.32 Å². The standard InChI is InChI=1S/C20H15F2N3O2/c21-13-7-8-14(22)15(12-13)23-19(26)9-11-25-17-5-2-1-4-16(17)24-10-3-6-18(24)20(25)27/h1-8,10,12H,9,11H2,(H,23,26). The lowest BCUT2D eigenvalue weighted by Gasteiger charge is -2.13. The zero-order chi connectivity index (χ0) is 19.0. The number of nitrogens with one attached hydrogen (secondary N) is 1. The first-order valence-electron chi connectivity index (χ1n) is 8.38. The molecule has 2 aromatic heterocycles. The number of aryl methyl sites for hydroxylation is 1. The molecular formula is C20H15F2N3O2. The molecule has 7 heteroatoms. The molecule has 4 aromatic rings. The highest BCUT2D eigenvalue weighted by Crippen LogP contribution is 2.17. The molecule has 2 aromatic carbocycles. The van der Waals surface area contributed by atoms with Crippen LogP contribution in [0.5, 0.6) is 0 Å². The van der Waals surface area contributed by atoms with Crippen molar-refractivity contribution in [3.05, 3.63) is 82.8 Å². The van der Waals surface area contributed by atoms with Gasteiger partial charge in [-0.25, -0.2) is 8.78 Å². The summed E-state index contributed by atoms with van der Waals surface area (Å²) in [4.78, 5) is 25.0. The molecule has 0 fully saturated rings. The Bertz CT molecular complexity index is 1230. The average Bonchev–Trinajstić information content (AvgIpc) is 3.15. The van der Waals surface area contributed by atoms with E-state index >= 15 is 0 Å². The van der Waals surface area contributed by atoms with Crippen LogP contribution in [-0.4, -0.2) is 14.9 Å². The monoisotopic (exact) mass is 367 g/mol. The summed E-state index contributed by atoms with van der Waals surface area (Å²) in [6.45, 7) is 0.115. The van der Waals surface area contributed by atoms with E-state index in [1.807, 2.05) is 24.4 Å². The predicted molar refractivity (Wildman–Crippen MR) is 98.8 cm³/mol. The van der Waals surface area contributed by atoms with Gasteiger partial charge < -0.3 is 14.3 Å². The van der Waals surface area contributed by atoms with Gasteiger partial charge in [0.1, 0.15) is 17.2 Å². The number of hydrogen-bond acceptors (Lipinski definition) is 2. The number of benzene rings is 2. The van der Waals surface area contributed by atoms with Crippen molar-refractivity contribution in [3.63, 3.8) is 0 Å². The largest absolute Gasteiger partial charge is 0.323 e. The Labute approximate surface area is 152 Å². The number of carbonyl (C=O) groups is 1. The van der Waals surface area contributed by atoms with Gasteiger partial charge in [-0.3, -0.25) is 9.59 Å². The van der Waals surface area contributed by atoms with E-state index in [9.17, 15) is 18.4 Å². The summed E-state index contributed by atoms with van der Waals surface area (Å²) in [5.74, 6) is -1.87. The minimum absolute atomic E-state index is 0.0588. The third kappa shape index (κ3) is 3.08. The molecule has 0 aliphatic heterocycles. The third-order valence-corrected chi connectivity index (χ3v) is 4.41. The normalized spacial score (nSPS) is 11.2. The topological polar surface area (TPSA) is 55.5 Å². The second kappa shape index (κ2) is 6.68. The van der Waals surface area contributed by atoms with Gasteiger partial charge in [-0.05, 0) is 36.4 Å². The van der Waals surface area contributed by atoms with Crippen molar-refractivity contribution in [3.8, 4) is 0 Å². The fourth-order valence-corrected chi connectivity index (χ4v) is 3.15. The van der Waals surface area contributed by atoms with Gasteiger partial charge in [0.2, 0.25) is 5.91 Å². The molecule has 27 heavy (non-hydrogen) atoms. The summed E-state index contributed by atoms with van der Waals surface area (Å²) in [7, 11) is 0. The van der Waals surface area contributed by atoms with Crippen LogP contribution < -0.4 is 10.9 Å². The number of hydrogen-bond donors (Lipinski definition) is 1. The first kappa shape index (κ1) is 17.0. The van der Waals surface area contributed by atoms with Gasteiger partial charge in [0, 0.05) is 25.2 Å². The second-order valence-corrected chi connectivity index (χ2v) is 6.13. The SMILES string of the molecule is O=C(CCn1c(=O)c2cccn2c2ccccc21)Nc1cc(F)ccc1F. The molecule has 4 rings (SSSR count). The Balaban J connectivity index is 1.63. The van der Waals surface area contributed by atoms with Crippen LogP contribution in [0.1, 0.15) is 6.42 Å². The number of rotatable bonds is 4. The molecule has 0 atom stereocenters. The fraction of sp³-hybridized carbons (Fsp3) is 0.100. The Morgan fingerprint density at radius 3 is 2.52 bits per heavy atom. The zero-order valence-corrected chi connectivity index (χ0v) is 14.2. The molecule has 0 radical (unpaired) electrons. The van der Waals surface area contributed by atoms with E-state index < -0.39 is 17.5 Å². The Hall–Kier alpha value is -3.48. The molecule has 0 saturated carbocycles. The maximum Gasteiger partial charge on any atom is 0.275 e. The minimum Gasteiger partial charge on any atom is -0.323 e. The molecule has 0 unspecified atom stereocenters. The number of halogens is 2. The number of aromatic nitrogens is 2. The minimum atomic E-state index is -0.720. The number of para-hydroxylation sites is 2. The molecule has 0 spiro atoms. The molecule has 1 amide bonds. The summed E-state index contributed by atoms with van der Waals surface area (Å²) in [5.41, 5.74) is 1.59. The molecule has 0 aliphatic carbocycles. The highest BCUT2D eigenvalue weighted by molar-refractivity contribution is 5.91.